The average Bonchev–Trinajstić information content (AvgIpc) is 3.17. The van der Waals surface area contributed by atoms with E-state index in [-0.39, 0.29) is 24.4 Å². The first-order valence-corrected chi connectivity index (χ1v) is 8.65. The summed E-state index contributed by atoms with van der Waals surface area (Å²) in [6, 6.07) is 5.46. The van der Waals surface area contributed by atoms with E-state index in [9.17, 15) is 4.79 Å². The van der Waals surface area contributed by atoms with Crippen LogP contribution in [0.1, 0.15) is 23.3 Å². The summed E-state index contributed by atoms with van der Waals surface area (Å²) < 4.78 is 0. The van der Waals surface area contributed by atoms with Gasteiger partial charge in [-0.05, 0) is 25.0 Å². The number of nitrogens with zero attached hydrogens (tertiary/aromatic N) is 2. The van der Waals surface area contributed by atoms with E-state index in [2.05, 4.69) is 4.98 Å². The SMILES string of the molecule is Cl.NCC1CCCN1C(=O)c1csc(-c2ccc(Cl)c(Cl)c2)n1. The first kappa shape index (κ1) is 18.5. The molecule has 124 valence electrons. The van der Waals surface area contributed by atoms with Crippen molar-refractivity contribution in [3.8, 4) is 10.6 Å². The van der Waals surface area contributed by atoms with Gasteiger partial charge in [0, 0.05) is 30.1 Å². The molecule has 1 amide bonds. The Morgan fingerprint density at radius 3 is 2.87 bits per heavy atom. The molecule has 1 aromatic carbocycles. The first-order valence-electron chi connectivity index (χ1n) is 7.02. The van der Waals surface area contributed by atoms with Crippen LogP contribution in [0.3, 0.4) is 0 Å². The number of likely N-dealkylation sites (tertiary alicyclic amines) is 1. The van der Waals surface area contributed by atoms with Crippen molar-refractivity contribution in [2.45, 2.75) is 18.9 Å². The zero-order chi connectivity index (χ0) is 15.7. The summed E-state index contributed by atoms with van der Waals surface area (Å²) in [5.41, 5.74) is 7.05. The summed E-state index contributed by atoms with van der Waals surface area (Å²) in [5, 5.41) is 3.52. The zero-order valence-electron chi connectivity index (χ0n) is 12.2. The van der Waals surface area contributed by atoms with E-state index in [4.69, 9.17) is 28.9 Å². The number of carbonyl (C=O) groups is 1. The van der Waals surface area contributed by atoms with Crippen LogP contribution in [0.2, 0.25) is 10.0 Å². The minimum atomic E-state index is -0.0458. The third-order valence-corrected chi connectivity index (χ3v) is 5.43. The Hall–Kier alpha value is -0.850. The number of carbonyl (C=O) groups excluding carboxylic acids is 1. The highest BCUT2D eigenvalue weighted by Gasteiger charge is 2.29. The molecule has 4 nitrogen and oxygen atoms in total. The maximum absolute atomic E-state index is 12.5. The van der Waals surface area contributed by atoms with E-state index >= 15 is 0 Å². The lowest BCUT2D eigenvalue weighted by Gasteiger charge is -2.22. The summed E-state index contributed by atoms with van der Waals surface area (Å²) in [5.74, 6) is -0.0458. The largest absolute Gasteiger partial charge is 0.333 e. The second-order valence-corrected chi connectivity index (χ2v) is 6.87. The van der Waals surface area contributed by atoms with E-state index in [0.717, 1.165) is 30.0 Å². The monoisotopic (exact) mass is 391 g/mol. The molecule has 2 aromatic rings. The van der Waals surface area contributed by atoms with Crippen LogP contribution in [0, 0.1) is 0 Å². The van der Waals surface area contributed by atoms with Crippen molar-refractivity contribution in [1.82, 2.24) is 9.88 Å². The van der Waals surface area contributed by atoms with Crippen molar-refractivity contribution in [2.24, 2.45) is 5.73 Å². The van der Waals surface area contributed by atoms with Crippen LogP contribution in [0.25, 0.3) is 10.6 Å². The third-order valence-electron chi connectivity index (χ3n) is 3.80. The smallest absolute Gasteiger partial charge is 0.273 e. The van der Waals surface area contributed by atoms with Crippen LogP contribution in [-0.4, -0.2) is 34.9 Å². The van der Waals surface area contributed by atoms with Crippen molar-refractivity contribution >= 4 is 52.9 Å². The molecule has 3 rings (SSSR count). The Bertz CT molecular complexity index is 707. The van der Waals surface area contributed by atoms with Gasteiger partial charge in [0.2, 0.25) is 0 Å². The van der Waals surface area contributed by atoms with E-state index in [0.29, 0.717) is 22.3 Å². The molecule has 1 aliphatic heterocycles. The highest BCUT2D eigenvalue weighted by Crippen LogP contribution is 2.31. The lowest BCUT2D eigenvalue weighted by Crippen LogP contribution is -2.40. The highest BCUT2D eigenvalue weighted by atomic mass is 35.5. The number of aromatic nitrogens is 1. The normalized spacial score (nSPS) is 17.2. The van der Waals surface area contributed by atoms with Crippen molar-refractivity contribution in [3.05, 3.63) is 39.3 Å². The Morgan fingerprint density at radius 2 is 2.17 bits per heavy atom. The van der Waals surface area contributed by atoms with E-state index in [1.807, 2.05) is 11.0 Å². The van der Waals surface area contributed by atoms with Crippen molar-refractivity contribution in [1.29, 1.82) is 0 Å². The number of hydrogen-bond donors (Lipinski definition) is 1. The number of thiazole rings is 1. The van der Waals surface area contributed by atoms with Gasteiger partial charge in [0.15, 0.2) is 0 Å². The average molecular weight is 393 g/mol. The van der Waals surface area contributed by atoms with Crippen LogP contribution >= 0.6 is 46.9 Å². The van der Waals surface area contributed by atoms with Gasteiger partial charge in [-0.2, -0.15) is 0 Å². The zero-order valence-corrected chi connectivity index (χ0v) is 15.3. The molecule has 1 fully saturated rings. The van der Waals surface area contributed by atoms with E-state index < -0.39 is 0 Å². The van der Waals surface area contributed by atoms with Gasteiger partial charge in [0.25, 0.3) is 5.91 Å². The van der Waals surface area contributed by atoms with Crippen molar-refractivity contribution in [3.63, 3.8) is 0 Å². The van der Waals surface area contributed by atoms with E-state index in [1.54, 1.807) is 17.5 Å². The molecule has 1 aromatic heterocycles. The van der Waals surface area contributed by atoms with Gasteiger partial charge >= 0.3 is 0 Å². The van der Waals surface area contributed by atoms with Crippen LogP contribution in [0.5, 0.6) is 0 Å². The van der Waals surface area contributed by atoms with Crippen molar-refractivity contribution < 1.29 is 4.79 Å². The number of amides is 1. The summed E-state index contributed by atoms with van der Waals surface area (Å²) in [7, 11) is 0. The summed E-state index contributed by atoms with van der Waals surface area (Å²) in [6.45, 7) is 1.25. The predicted molar refractivity (Wildman–Crippen MR) is 97.9 cm³/mol. The van der Waals surface area contributed by atoms with Gasteiger partial charge in [-0.1, -0.05) is 29.3 Å². The molecular formula is C15H16Cl3N3OS. The molecule has 2 N–H and O–H groups in total. The topological polar surface area (TPSA) is 59.2 Å². The maximum Gasteiger partial charge on any atom is 0.273 e. The number of benzene rings is 1. The standard InChI is InChI=1S/C15H15Cl2N3OS.ClH/c16-11-4-3-9(6-12(11)17)14-19-13(8-22-14)15(21)20-5-1-2-10(20)7-18;/h3-4,6,8,10H,1-2,5,7,18H2;1H. The number of hydrogen-bond acceptors (Lipinski definition) is 4. The van der Waals surface area contributed by atoms with Crippen molar-refractivity contribution in [2.75, 3.05) is 13.1 Å². The molecule has 1 aliphatic rings. The summed E-state index contributed by atoms with van der Waals surface area (Å²) in [6.07, 6.45) is 1.96. The fraction of sp³-hybridized carbons (Fsp3) is 0.333. The molecule has 8 heteroatoms. The number of halogens is 3. The number of rotatable bonds is 3. The molecule has 0 spiro atoms. The predicted octanol–water partition coefficient (Wildman–Crippen LogP) is 4.10. The molecule has 0 aliphatic carbocycles. The molecule has 2 heterocycles. The quantitative estimate of drug-likeness (QED) is 0.855. The van der Waals surface area contributed by atoms with Crippen LogP contribution < -0.4 is 5.73 Å². The second-order valence-electron chi connectivity index (χ2n) is 5.20. The maximum atomic E-state index is 12.5. The first-order chi connectivity index (χ1) is 10.6. The van der Waals surface area contributed by atoms with Crippen LogP contribution in [0.4, 0.5) is 0 Å². The van der Waals surface area contributed by atoms with Gasteiger partial charge in [-0.3, -0.25) is 4.79 Å². The van der Waals surface area contributed by atoms with Gasteiger partial charge in [0.1, 0.15) is 10.7 Å². The van der Waals surface area contributed by atoms with E-state index in [1.165, 1.54) is 11.3 Å². The minimum Gasteiger partial charge on any atom is -0.333 e. The molecule has 1 unspecified atom stereocenters. The summed E-state index contributed by atoms with van der Waals surface area (Å²) in [4.78, 5) is 18.8. The Labute approximate surface area is 155 Å². The molecule has 0 saturated carbocycles. The molecule has 23 heavy (non-hydrogen) atoms. The van der Waals surface area contributed by atoms with Gasteiger partial charge < -0.3 is 10.6 Å². The second kappa shape index (κ2) is 7.81. The Morgan fingerprint density at radius 1 is 1.39 bits per heavy atom. The summed E-state index contributed by atoms with van der Waals surface area (Å²) >= 11 is 13.4. The van der Waals surface area contributed by atoms with Crippen LogP contribution in [-0.2, 0) is 0 Å². The molecule has 0 radical (unpaired) electrons. The fourth-order valence-corrected chi connectivity index (χ4v) is 3.72. The molecule has 1 atom stereocenters. The molecule has 1 saturated heterocycles. The minimum absolute atomic E-state index is 0. The third kappa shape index (κ3) is 3.80. The molecule has 0 bridgehead atoms. The Balaban J connectivity index is 0.00000192. The number of nitrogens with two attached hydrogens (primary N) is 1. The van der Waals surface area contributed by atoms with Gasteiger partial charge in [-0.15, -0.1) is 23.7 Å². The van der Waals surface area contributed by atoms with Gasteiger partial charge in [0.05, 0.1) is 10.0 Å². The highest BCUT2D eigenvalue weighted by molar-refractivity contribution is 7.13. The lowest BCUT2D eigenvalue weighted by atomic mass is 10.2. The Kier molecular flexibility index (Phi) is 6.28. The lowest BCUT2D eigenvalue weighted by molar-refractivity contribution is 0.0736. The van der Waals surface area contributed by atoms with Crippen LogP contribution in [0.15, 0.2) is 23.6 Å². The van der Waals surface area contributed by atoms with Gasteiger partial charge in [-0.25, -0.2) is 4.98 Å². The fourth-order valence-electron chi connectivity index (χ4n) is 2.63. The molecular weight excluding hydrogens is 377 g/mol.